The summed E-state index contributed by atoms with van der Waals surface area (Å²) in [6.07, 6.45) is 0. The lowest BCUT2D eigenvalue weighted by Crippen LogP contribution is -2.38. The average Bonchev–Trinajstić information content (AvgIpc) is 2.57. The summed E-state index contributed by atoms with van der Waals surface area (Å²) in [5, 5.41) is 19.2. The van der Waals surface area contributed by atoms with Crippen LogP contribution >= 0.6 is 0 Å². The van der Waals surface area contributed by atoms with E-state index < -0.39 is 11.6 Å². The molecule has 0 bridgehead atoms. The number of benzene rings is 2. The highest BCUT2D eigenvalue weighted by Crippen LogP contribution is 2.26. The molecule has 0 aliphatic heterocycles. The van der Waals surface area contributed by atoms with Crippen molar-refractivity contribution in [3.63, 3.8) is 0 Å². The zero-order valence-corrected chi connectivity index (χ0v) is 13.5. The molecular weight excluding hydrogens is 294 g/mol. The van der Waals surface area contributed by atoms with E-state index in [0.29, 0.717) is 12.2 Å². The van der Waals surface area contributed by atoms with E-state index in [1.807, 2.05) is 42.5 Å². The highest BCUT2D eigenvalue weighted by molar-refractivity contribution is 5.90. The van der Waals surface area contributed by atoms with Gasteiger partial charge in [0.2, 0.25) is 5.90 Å². The molecule has 0 aliphatic carbocycles. The fourth-order valence-corrected chi connectivity index (χ4v) is 2.19. The van der Waals surface area contributed by atoms with Gasteiger partial charge in [-0.2, -0.15) is 0 Å². The van der Waals surface area contributed by atoms with Gasteiger partial charge in [-0.05, 0) is 36.2 Å². The molecule has 1 atom stereocenters. The normalized spacial score (nSPS) is 14.2. The first-order valence-electron chi connectivity index (χ1n) is 7.39. The van der Waals surface area contributed by atoms with E-state index in [-0.39, 0.29) is 5.90 Å². The van der Waals surface area contributed by atoms with Crippen LogP contribution in [0.5, 0.6) is 0 Å². The number of aliphatic hydroxyl groups is 1. The first-order valence-corrected chi connectivity index (χ1v) is 7.39. The Balaban J connectivity index is 2.39. The average molecular weight is 315 g/mol. The van der Waals surface area contributed by atoms with Crippen LogP contribution in [0, 0.1) is 0 Å². The van der Waals surface area contributed by atoms with Crippen molar-refractivity contribution in [2.75, 3.05) is 13.7 Å². The van der Waals surface area contributed by atoms with Crippen molar-refractivity contribution in [2.45, 2.75) is 19.4 Å². The minimum atomic E-state index is -1.47. The molecule has 3 N–H and O–H groups in total. The number of ether oxygens (including phenoxy) is 1. The largest absolute Gasteiger partial charge is 0.478 e. The van der Waals surface area contributed by atoms with Gasteiger partial charge in [-0.1, -0.05) is 36.4 Å². The van der Waals surface area contributed by atoms with Crippen LogP contribution in [0.3, 0.4) is 0 Å². The third-order valence-corrected chi connectivity index (χ3v) is 3.50. The van der Waals surface area contributed by atoms with E-state index in [2.05, 4.69) is 15.8 Å². The molecule has 0 fully saturated rings. The lowest BCUT2D eigenvalue weighted by Gasteiger charge is -2.25. The summed E-state index contributed by atoms with van der Waals surface area (Å²) in [5.74, 6) is 0.0267. The molecule has 23 heavy (non-hydrogen) atoms. The number of hydrogen-bond acceptors (Lipinski definition) is 4. The molecule has 0 saturated heterocycles. The number of amides is 2. The molecule has 0 heterocycles. The monoisotopic (exact) mass is 315 g/mol. The van der Waals surface area contributed by atoms with Gasteiger partial charge in [0.1, 0.15) is 0 Å². The fraction of sp³-hybridized carbons (Fsp3) is 0.294. The zero-order chi connectivity index (χ0) is 16.9. The second-order valence-corrected chi connectivity index (χ2v) is 5.18. The molecule has 1 unspecified atom stereocenters. The highest BCUT2D eigenvalue weighted by Gasteiger charge is 2.32. The molecule has 0 aliphatic rings. The van der Waals surface area contributed by atoms with Crippen LogP contribution in [0.4, 0.5) is 4.79 Å². The van der Waals surface area contributed by atoms with Crippen molar-refractivity contribution >= 4 is 22.7 Å². The molecule has 2 amide bonds. The van der Waals surface area contributed by atoms with Gasteiger partial charge in [0.05, 0.1) is 6.61 Å². The minimum absolute atomic E-state index is 0.0267. The van der Waals surface area contributed by atoms with Crippen LogP contribution in [0.2, 0.25) is 0 Å². The predicted molar refractivity (Wildman–Crippen MR) is 90.2 cm³/mol. The van der Waals surface area contributed by atoms with Crippen molar-refractivity contribution in [3.05, 3.63) is 48.0 Å². The Hall–Kier alpha value is -2.60. The Morgan fingerprint density at radius 2 is 1.96 bits per heavy atom. The third-order valence-electron chi connectivity index (χ3n) is 3.50. The van der Waals surface area contributed by atoms with Crippen LogP contribution in [0.25, 0.3) is 10.8 Å². The molecular formula is C17H21N3O3. The maximum absolute atomic E-state index is 11.3. The lowest BCUT2D eigenvalue weighted by molar-refractivity contribution is 0.0955. The molecule has 6 heteroatoms. The molecule has 2 aromatic carbocycles. The van der Waals surface area contributed by atoms with E-state index in [0.717, 1.165) is 10.8 Å². The number of rotatable bonds is 4. The van der Waals surface area contributed by atoms with E-state index in [9.17, 15) is 9.90 Å². The number of urea groups is 1. The number of hydrazone groups is 1. The SMILES string of the molecule is CCO/C(=N/NC(=O)NC)C(C)(O)c1ccc2ccccc2c1. The van der Waals surface area contributed by atoms with E-state index in [4.69, 9.17) is 4.74 Å². The van der Waals surface area contributed by atoms with Gasteiger partial charge in [-0.25, -0.2) is 10.2 Å². The van der Waals surface area contributed by atoms with Gasteiger partial charge in [0.15, 0.2) is 5.60 Å². The number of hydrogen-bond donors (Lipinski definition) is 3. The topological polar surface area (TPSA) is 83.0 Å². The van der Waals surface area contributed by atoms with Crippen molar-refractivity contribution < 1.29 is 14.6 Å². The number of carbonyl (C=O) groups is 1. The van der Waals surface area contributed by atoms with Crippen molar-refractivity contribution in [1.82, 2.24) is 10.7 Å². The van der Waals surface area contributed by atoms with Crippen molar-refractivity contribution in [2.24, 2.45) is 5.10 Å². The molecule has 6 nitrogen and oxygen atoms in total. The van der Waals surface area contributed by atoms with Crippen molar-refractivity contribution in [3.8, 4) is 0 Å². The first kappa shape index (κ1) is 16.8. The summed E-state index contributed by atoms with van der Waals surface area (Å²) in [6.45, 7) is 3.68. The molecule has 0 radical (unpaired) electrons. The Labute approximate surface area is 135 Å². The smallest absolute Gasteiger partial charge is 0.335 e. The van der Waals surface area contributed by atoms with Crippen LogP contribution < -0.4 is 10.7 Å². The van der Waals surface area contributed by atoms with Gasteiger partial charge < -0.3 is 15.2 Å². The summed E-state index contributed by atoms with van der Waals surface area (Å²) in [4.78, 5) is 11.3. The molecule has 2 aromatic rings. The van der Waals surface area contributed by atoms with Gasteiger partial charge in [-0.15, -0.1) is 5.10 Å². The predicted octanol–water partition coefficient (Wildman–Crippen LogP) is 2.33. The summed E-state index contributed by atoms with van der Waals surface area (Å²) >= 11 is 0. The van der Waals surface area contributed by atoms with Crippen LogP contribution in [0.15, 0.2) is 47.6 Å². The number of carbonyl (C=O) groups excluding carboxylic acids is 1. The zero-order valence-electron chi connectivity index (χ0n) is 13.5. The lowest BCUT2D eigenvalue weighted by atomic mass is 9.93. The minimum Gasteiger partial charge on any atom is -0.478 e. The molecule has 0 spiro atoms. The molecule has 0 saturated carbocycles. The van der Waals surface area contributed by atoms with Crippen LogP contribution in [-0.4, -0.2) is 30.7 Å². The summed E-state index contributed by atoms with van der Waals surface area (Å²) in [6, 6.07) is 13.0. The Bertz CT molecular complexity index is 726. The summed E-state index contributed by atoms with van der Waals surface area (Å²) in [5.41, 5.74) is 1.44. The standard InChI is InChI=1S/C17H21N3O3/c1-4-23-15(19-20-16(21)18-3)17(2,22)14-10-9-12-7-5-6-8-13(12)11-14/h5-11,22H,4H2,1-3H3,(H2,18,20,21)/b19-15+. The second kappa shape index (κ2) is 7.11. The summed E-state index contributed by atoms with van der Waals surface area (Å²) in [7, 11) is 1.48. The molecule has 0 aromatic heterocycles. The van der Waals surface area contributed by atoms with Gasteiger partial charge >= 0.3 is 6.03 Å². The fourth-order valence-electron chi connectivity index (χ4n) is 2.19. The maximum Gasteiger partial charge on any atom is 0.335 e. The van der Waals surface area contributed by atoms with Crippen LogP contribution in [-0.2, 0) is 10.3 Å². The van der Waals surface area contributed by atoms with Crippen LogP contribution in [0.1, 0.15) is 19.4 Å². The van der Waals surface area contributed by atoms with E-state index in [1.165, 1.54) is 7.05 Å². The Kier molecular flexibility index (Phi) is 5.18. The van der Waals surface area contributed by atoms with Gasteiger partial charge in [0.25, 0.3) is 0 Å². The quantitative estimate of drug-likeness (QED) is 0.460. The molecule has 122 valence electrons. The highest BCUT2D eigenvalue weighted by atomic mass is 16.5. The number of fused-ring (bicyclic) bond motifs is 1. The third kappa shape index (κ3) is 3.78. The van der Waals surface area contributed by atoms with E-state index >= 15 is 0 Å². The van der Waals surface area contributed by atoms with Gasteiger partial charge in [0, 0.05) is 7.05 Å². The second-order valence-electron chi connectivity index (χ2n) is 5.18. The Morgan fingerprint density at radius 3 is 2.61 bits per heavy atom. The molecule has 2 rings (SSSR count). The number of nitrogens with zero attached hydrogens (tertiary/aromatic N) is 1. The van der Waals surface area contributed by atoms with Crippen molar-refractivity contribution in [1.29, 1.82) is 0 Å². The maximum atomic E-state index is 11.3. The first-order chi connectivity index (χ1) is 11.0. The van der Waals surface area contributed by atoms with E-state index in [1.54, 1.807) is 13.8 Å². The summed E-state index contributed by atoms with van der Waals surface area (Å²) < 4.78 is 5.43. The Morgan fingerprint density at radius 1 is 1.26 bits per heavy atom. The van der Waals surface area contributed by atoms with Gasteiger partial charge in [-0.3, -0.25) is 0 Å². The number of nitrogens with one attached hydrogen (secondary N) is 2.